The molecule has 0 radical (unpaired) electrons. The Kier molecular flexibility index (Phi) is 8.26. The van der Waals surface area contributed by atoms with Crippen LogP contribution in [0, 0.1) is 5.82 Å². The first-order valence-corrected chi connectivity index (χ1v) is 9.43. The lowest BCUT2D eigenvalue weighted by Gasteiger charge is -2.28. The number of carbonyl (C=O) groups excluding carboxylic acids is 2. The van der Waals surface area contributed by atoms with Crippen LogP contribution >= 0.6 is 11.6 Å². The van der Waals surface area contributed by atoms with Gasteiger partial charge in [-0.3, -0.25) is 9.59 Å². The third kappa shape index (κ3) is 6.23. The van der Waals surface area contributed by atoms with Gasteiger partial charge < -0.3 is 15.0 Å². The minimum Gasteiger partial charge on any atom is -0.494 e. The minimum absolute atomic E-state index is 0.0259. The average Bonchev–Trinajstić information content (AvgIpc) is 2.70. The second kappa shape index (κ2) is 10.7. The van der Waals surface area contributed by atoms with Crippen molar-refractivity contribution in [3.63, 3.8) is 0 Å². The highest BCUT2D eigenvalue weighted by molar-refractivity contribution is 6.30. The van der Waals surface area contributed by atoms with E-state index < -0.39 is 11.9 Å². The molecule has 0 saturated heterocycles. The van der Waals surface area contributed by atoms with Crippen molar-refractivity contribution in [2.24, 2.45) is 0 Å². The molecule has 0 fully saturated rings. The van der Waals surface area contributed by atoms with Crippen LogP contribution in [0.2, 0.25) is 5.02 Å². The third-order valence-electron chi connectivity index (χ3n) is 4.33. The molecular formula is C21H24ClFN2O3. The van der Waals surface area contributed by atoms with E-state index in [0.29, 0.717) is 29.4 Å². The summed E-state index contributed by atoms with van der Waals surface area (Å²) in [5, 5.41) is 3.15. The van der Waals surface area contributed by atoms with Gasteiger partial charge in [0.2, 0.25) is 11.8 Å². The van der Waals surface area contributed by atoms with Crippen molar-refractivity contribution in [1.29, 1.82) is 0 Å². The molecule has 0 unspecified atom stereocenters. The molecule has 1 N–H and O–H groups in total. The first-order chi connectivity index (χ1) is 13.4. The molecule has 2 amide bonds. The quantitative estimate of drug-likeness (QED) is 0.644. The Balaban J connectivity index is 1.97. The Morgan fingerprint density at radius 1 is 1.18 bits per heavy atom. The maximum atomic E-state index is 14.0. The Morgan fingerprint density at radius 3 is 2.50 bits per heavy atom. The molecule has 2 aromatic carbocycles. The standard InChI is InChI=1S/C21H24ClFN2O3/c1-15(21(27)24-2)25(14-16-6-3-4-7-19(16)23)20(26)8-5-13-28-18-11-9-17(22)10-12-18/h3-4,6-7,9-12,15H,5,8,13-14H2,1-2H3,(H,24,27)/t15-/m1/s1. The molecule has 28 heavy (non-hydrogen) atoms. The number of benzene rings is 2. The van der Waals surface area contributed by atoms with Crippen LogP contribution in [0.3, 0.4) is 0 Å². The summed E-state index contributed by atoms with van der Waals surface area (Å²) in [5.74, 6) is -0.282. The number of nitrogens with one attached hydrogen (secondary N) is 1. The van der Waals surface area contributed by atoms with E-state index in [4.69, 9.17) is 16.3 Å². The number of hydrogen-bond acceptors (Lipinski definition) is 3. The van der Waals surface area contributed by atoms with Gasteiger partial charge in [0.05, 0.1) is 6.61 Å². The van der Waals surface area contributed by atoms with Gasteiger partial charge in [-0.05, 0) is 43.7 Å². The van der Waals surface area contributed by atoms with Crippen LogP contribution in [0.25, 0.3) is 0 Å². The van der Waals surface area contributed by atoms with Gasteiger partial charge in [-0.15, -0.1) is 0 Å². The van der Waals surface area contributed by atoms with Gasteiger partial charge in [0.15, 0.2) is 0 Å². The molecule has 1 atom stereocenters. The molecule has 0 spiro atoms. The molecule has 0 bridgehead atoms. The number of carbonyl (C=O) groups is 2. The number of nitrogens with zero attached hydrogens (tertiary/aromatic N) is 1. The molecule has 0 saturated carbocycles. The summed E-state index contributed by atoms with van der Waals surface area (Å²) in [5.41, 5.74) is 0.365. The second-order valence-electron chi connectivity index (χ2n) is 6.31. The largest absolute Gasteiger partial charge is 0.494 e. The van der Waals surface area contributed by atoms with E-state index in [0.717, 1.165) is 0 Å². The number of hydrogen-bond donors (Lipinski definition) is 1. The normalized spacial score (nSPS) is 11.6. The summed E-state index contributed by atoms with van der Waals surface area (Å²) < 4.78 is 19.6. The van der Waals surface area contributed by atoms with E-state index in [9.17, 15) is 14.0 Å². The van der Waals surface area contributed by atoms with Crippen molar-refractivity contribution >= 4 is 23.4 Å². The SMILES string of the molecule is CNC(=O)[C@@H](C)N(Cc1ccccc1F)C(=O)CCCOc1ccc(Cl)cc1. The van der Waals surface area contributed by atoms with Crippen LogP contribution in [0.15, 0.2) is 48.5 Å². The molecule has 0 aliphatic heterocycles. The summed E-state index contributed by atoms with van der Waals surface area (Å²) in [6.45, 7) is 2.00. The average molecular weight is 407 g/mol. The zero-order valence-electron chi connectivity index (χ0n) is 16.0. The lowest BCUT2D eigenvalue weighted by atomic mass is 10.1. The zero-order chi connectivity index (χ0) is 20.5. The lowest BCUT2D eigenvalue weighted by Crippen LogP contribution is -2.46. The Morgan fingerprint density at radius 2 is 1.86 bits per heavy atom. The second-order valence-corrected chi connectivity index (χ2v) is 6.75. The van der Waals surface area contributed by atoms with Crippen LogP contribution in [-0.4, -0.2) is 36.4 Å². The van der Waals surface area contributed by atoms with E-state index in [1.807, 2.05) is 0 Å². The topological polar surface area (TPSA) is 58.6 Å². The molecular weight excluding hydrogens is 383 g/mol. The van der Waals surface area contributed by atoms with Crippen LogP contribution in [-0.2, 0) is 16.1 Å². The monoisotopic (exact) mass is 406 g/mol. The van der Waals surface area contributed by atoms with E-state index in [-0.39, 0.29) is 24.8 Å². The van der Waals surface area contributed by atoms with E-state index in [1.165, 1.54) is 18.0 Å². The van der Waals surface area contributed by atoms with E-state index in [1.54, 1.807) is 49.4 Å². The van der Waals surface area contributed by atoms with Gasteiger partial charge in [-0.25, -0.2) is 4.39 Å². The van der Waals surface area contributed by atoms with Crippen molar-refractivity contribution in [1.82, 2.24) is 10.2 Å². The molecule has 2 aromatic rings. The van der Waals surface area contributed by atoms with Gasteiger partial charge in [-0.1, -0.05) is 29.8 Å². The number of ether oxygens (including phenoxy) is 1. The van der Waals surface area contributed by atoms with Crippen LogP contribution < -0.4 is 10.1 Å². The van der Waals surface area contributed by atoms with Crippen molar-refractivity contribution in [2.75, 3.05) is 13.7 Å². The fraction of sp³-hybridized carbons (Fsp3) is 0.333. The first-order valence-electron chi connectivity index (χ1n) is 9.05. The molecule has 0 heterocycles. The predicted molar refractivity (Wildman–Crippen MR) is 107 cm³/mol. The van der Waals surface area contributed by atoms with Crippen LogP contribution in [0.5, 0.6) is 5.75 Å². The van der Waals surface area contributed by atoms with Crippen LogP contribution in [0.4, 0.5) is 4.39 Å². The smallest absolute Gasteiger partial charge is 0.242 e. The predicted octanol–water partition coefficient (Wildman–Crippen LogP) is 3.80. The fourth-order valence-electron chi connectivity index (χ4n) is 2.69. The van der Waals surface area contributed by atoms with Gasteiger partial charge in [0.1, 0.15) is 17.6 Å². The number of likely N-dealkylation sites (N-methyl/N-ethyl adjacent to an activating group) is 1. The molecule has 5 nitrogen and oxygen atoms in total. The minimum atomic E-state index is -0.714. The summed E-state index contributed by atoms with van der Waals surface area (Å²) in [4.78, 5) is 26.2. The number of rotatable bonds is 9. The number of halogens is 2. The molecule has 7 heteroatoms. The summed E-state index contributed by atoms with van der Waals surface area (Å²) in [6.07, 6.45) is 0.652. The van der Waals surface area contributed by atoms with E-state index in [2.05, 4.69) is 5.32 Å². The summed E-state index contributed by atoms with van der Waals surface area (Å²) >= 11 is 5.83. The Bertz CT molecular complexity index is 798. The first kappa shape index (κ1) is 21.7. The van der Waals surface area contributed by atoms with Gasteiger partial charge in [0, 0.05) is 30.6 Å². The van der Waals surface area contributed by atoms with Gasteiger partial charge in [-0.2, -0.15) is 0 Å². The van der Waals surface area contributed by atoms with Crippen molar-refractivity contribution in [3.8, 4) is 5.75 Å². The molecule has 0 aromatic heterocycles. The third-order valence-corrected chi connectivity index (χ3v) is 4.58. The van der Waals surface area contributed by atoms with E-state index >= 15 is 0 Å². The Hall–Kier alpha value is -2.60. The molecule has 2 rings (SSSR count). The molecule has 0 aliphatic rings. The van der Waals surface area contributed by atoms with Crippen molar-refractivity contribution in [2.45, 2.75) is 32.4 Å². The summed E-state index contributed by atoms with van der Waals surface area (Å²) in [7, 11) is 1.50. The highest BCUT2D eigenvalue weighted by Crippen LogP contribution is 2.17. The maximum absolute atomic E-state index is 14.0. The maximum Gasteiger partial charge on any atom is 0.242 e. The van der Waals surface area contributed by atoms with Gasteiger partial charge >= 0.3 is 0 Å². The lowest BCUT2D eigenvalue weighted by molar-refractivity contribution is -0.140. The number of amides is 2. The van der Waals surface area contributed by atoms with Crippen LogP contribution in [0.1, 0.15) is 25.3 Å². The Labute approximate surface area is 169 Å². The van der Waals surface area contributed by atoms with Crippen molar-refractivity contribution in [3.05, 3.63) is 64.9 Å². The highest BCUT2D eigenvalue weighted by Gasteiger charge is 2.25. The van der Waals surface area contributed by atoms with Crippen molar-refractivity contribution < 1.29 is 18.7 Å². The zero-order valence-corrected chi connectivity index (χ0v) is 16.7. The summed E-state index contributed by atoms with van der Waals surface area (Å²) in [6, 6.07) is 12.5. The fourth-order valence-corrected chi connectivity index (χ4v) is 2.82. The van der Waals surface area contributed by atoms with Gasteiger partial charge in [0.25, 0.3) is 0 Å². The molecule has 0 aliphatic carbocycles. The molecule has 150 valence electrons. The highest BCUT2D eigenvalue weighted by atomic mass is 35.5.